The number of hydrogen-bond donors (Lipinski definition) is 1. The molecule has 1 N–H and O–H groups in total. The van der Waals surface area contributed by atoms with Gasteiger partial charge in [0.1, 0.15) is 6.54 Å². The van der Waals surface area contributed by atoms with E-state index < -0.39 is 11.8 Å². The summed E-state index contributed by atoms with van der Waals surface area (Å²) >= 11 is 0. The molecule has 0 aliphatic heterocycles. The smallest absolute Gasteiger partial charge is 0.380 e. The molecule has 1 heterocycles. The zero-order valence-electron chi connectivity index (χ0n) is 18.0. The minimum absolute atomic E-state index is 0.0208. The molecule has 0 saturated heterocycles. The first-order valence-corrected chi connectivity index (χ1v) is 11.8. The quantitative estimate of drug-likeness (QED) is 0.758. The van der Waals surface area contributed by atoms with Crippen molar-refractivity contribution in [2.75, 3.05) is 0 Å². The Labute approximate surface area is 180 Å². The highest BCUT2D eigenvalue weighted by molar-refractivity contribution is 5.82. The van der Waals surface area contributed by atoms with Crippen LogP contribution in [0.4, 0.5) is 13.2 Å². The van der Waals surface area contributed by atoms with Crippen molar-refractivity contribution in [2.24, 2.45) is 40.9 Å². The average molecular weight is 440 g/mol. The highest BCUT2D eigenvalue weighted by atomic mass is 19.4. The summed E-state index contributed by atoms with van der Waals surface area (Å²) in [5.41, 5.74) is -2.52. The normalized spacial score (nSPS) is 44.9. The van der Waals surface area contributed by atoms with E-state index in [2.05, 4.69) is 17.2 Å². The standard InChI is InChI=1S/C23H32F3N3O2/c1-21-8-6-16-15-7-9-22(31,23(24,25)26)12-14(15)2-3-17(16)18(21)4-5-19(21)20(30)13-29-11-10-27-28-29/h10-11,14-19,31H,2-9,12-13H2,1H3. The molecule has 4 aliphatic carbocycles. The largest absolute Gasteiger partial charge is 0.417 e. The van der Waals surface area contributed by atoms with Gasteiger partial charge in [0.2, 0.25) is 0 Å². The number of Topliss-reactive ketones (excluding diaryl/α,β-unsaturated/α-hetero) is 1. The summed E-state index contributed by atoms with van der Waals surface area (Å²) in [5.74, 6) is 1.94. The van der Waals surface area contributed by atoms with Gasteiger partial charge < -0.3 is 5.11 Å². The van der Waals surface area contributed by atoms with Crippen LogP contribution in [0.3, 0.4) is 0 Å². The summed E-state index contributed by atoms with van der Waals surface area (Å²) in [6.45, 7) is 2.54. The van der Waals surface area contributed by atoms with Crippen LogP contribution in [0.5, 0.6) is 0 Å². The molecule has 4 fully saturated rings. The lowest BCUT2D eigenvalue weighted by Crippen LogP contribution is -2.55. The van der Waals surface area contributed by atoms with Crippen LogP contribution in [-0.2, 0) is 11.3 Å². The van der Waals surface area contributed by atoms with Crippen LogP contribution < -0.4 is 0 Å². The highest BCUT2D eigenvalue weighted by Gasteiger charge is 2.62. The first-order chi connectivity index (χ1) is 14.6. The number of fused-ring (bicyclic) bond motifs is 5. The molecule has 0 bridgehead atoms. The maximum atomic E-state index is 13.4. The van der Waals surface area contributed by atoms with Gasteiger partial charge in [-0.05, 0) is 92.8 Å². The molecule has 5 nitrogen and oxygen atoms in total. The molecule has 31 heavy (non-hydrogen) atoms. The van der Waals surface area contributed by atoms with Crippen molar-refractivity contribution in [3.05, 3.63) is 12.4 Å². The molecule has 1 aromatic rings. The Morgan fingerprint density at radius 3 is 2.58 bits per heavy atom. The molecule has 172 valence electrons. The number of halogens is 3. The first-order valence-electron chi connectivity index (χ1n) is 11.8. The minimum atomic E-state index is -4.54. The van der Waals surface area contributed by atoms with Gasteiger partial charge in [-0.1, -0.05) is 12.1 Å². The van der Waals surface area contributed by atoms with Gasteiger partial charge in [0.25, 0.3) is 0 Å². The van der Waals surface area contributed by atoms with Crippen molar-refractivity contribution >= 4 is 5.78 Å². The predicted molar refractivity (Wildman–Crippen MR) is 107 cm³/mol. The molecule has 0 radical (unpaired) electrons. The van der Waals surface area contributed by atoms with E-state index in [1.54, 1.807) is 17.1 Å². The van der Waals surface area contributed by atoms with Crippen molar-refractivity contribution in [1.82, 2.24) is 15.0 Å². The van der Waals surface area contributed by atoms with Gasteiger partial charge in [0.05, 0.1) is 6.20 Å². The Bertz CT molecular complexity index is 829. The molecular weight excluding hydrogens is 407 g/mol. The maximum Gasteiger partial charge on any atom is 0.417 e. The van der Waals surface area contributed by atoms with E-state index in [-0.39, 0.29) is 48.3 Å². The van der Waals surface area contributed by atoms with Gasteiger partial charge in [0, 0.05) is 12.1 Å². The van der Waals surface area contributed by atoms with Crippen LogP contribution in [0, 0.1) is 40.9 Å². The Morgan fingerprint density at radius 1 is 1.10 bits per heavy atom. The number of carbonyl (C=O) groups is 1. The van der Waals surface area contributed by atoms with E-state index >= 15 is 0 Å². The molecule has 5 rings (SSSR count). The molecule has 8 atom stereocenters. The van der Waals surface area contributed by atoms with Gasteiger partial charge in [0.15, 0.2) is 11.4 Å². The summed E-state index contributed by atoms with van der Waals surface area (Å²) in [7, 11) is 0. The fourth-order valence-electron chi connectivity index (χ4n) is 8.25. The van der Waals surface area contributed by atoms with Gasteiger partial charge in [-0.2, -0.15) is 13.2 Å². The average Bonchev–Trinajstić information content (AvgIpc) is 3.33. The van der Waals surface area contributed by atoms with Gasteiger partial charge in [-0.3, -0.25) is 4.79 Å². The van der Waals surface area contributed by atoms with Crippen LogP contribution in [0.25, 0.3) is 0 Å². The number of aromatic nitrogens is 3. The number of hydrogen-bond acceptors (Lipinski definition) is 4. The van der Waals surface area contributed by atoms with Crippen LogP contribution in [0.2, 0.25) is 0 Å². The first kappa shape index (κ1) is 21.4. The SMILES string of the molecule is CC12CCC3C4CCC(O)(C(F)(F)F)CC4CCC3C1CCC2C(=O)Cn1ccnn1. The molecule has 0 aromatic carbocycles. The third-order valence-electron chi connectivity index (χ3n) is 9.72. The lowest BCUT2D eigenvalue weighted by atomic mass is 9.49. The molecule has 0 amide bonds. The van der Waals surface area contributed by atoms with E-state index in [1.807, 2.05) is 0 Å². The maximum absolute atomic E-state index is 13.4. The lowest BCUT2D eigenvalue weighted by Gasteiger charge is -2.57. The zero-order chi connectivity index (χ0) is 22.0. The molecule has 4 saturated carbocycles. The van der Waals surface area contributed by atoms with Crippen molar-refractivity contribution in [3.63, 3.8) is 0 Å². The molecule has 0 spiro atoms. The Morgan fingerprint density at radius 2 is 1.87 bits per heavy atom. The second kappa shape index (κ2) is 7.29. The third-order valence-corrected chi connectivity index (χ3v) is 9.72. The third kappa shape index (κ3) is 3.35. The van der Waals surface area contributed by atoms with Crippen LogP contribution in [0.1, 0.15) is 64.7 Å². The lowest BCUT2D eigenvalue weighted by molar-refractivity contribution is -0.282. The Hall–Kier alpha value is -1.44. The van der Waals surface area contributed by atoms with E-state index in [0.29, 0.717) is 24.2 Å². The number of ketones is 1. The van der Waals surface area contributed by atoms with Crippen LogP contribution in [0.15, 0.2) is 12.4 Å². The second-order valence-electron chi connectivity index (χ2n) is 10.9. The summed E-state index contributed by atoms with van der Waals surface area (Å²) in [6, 6.07) is 0. The van der Waals surface area contributed by atoms with Crippen LogP contribution in [-0.4, -0.2) is 37.7 Å². The monoisotopic (exact) mass is 439 g/mol. The molecule has 8 unspecified atom stereocenters. The number of carbonyl (C=O) groups excluding carboxylic acids is 1. The number of aliphatic hydroxyl groups is 1. The fraction of sp³-hybridized carbons (Fsp3) is 0.870. The molecule has 4 aliphatic rings. The van der Waals surface area contributed by atoms with Gasteiger partial charge in [-0.25, -0.2) is 4.68 Å². The van der Waals surface area contributed by atoms with Gasteiger partial charge in [-0.15, -0.1) is 5.10 Å². The predicted octanol–water partition coefficient (Wildman–Crippen LogP) is 4.41. The van der Waals surface area contributed by atoms with E-state index in [9.17, 15) is 23.1 Å². The zero-order valence-corrected chi connectivity index (χ0v) is 18.0. The highest BCUT2D eigenvalue weighted by Crippen LogP contribution is 2.65. The van der Waals surface area contributed by atoms with Crippen molar-refractivity contribution in [2.45, 2.75) is 83.0 Å². The van der Waals surface area contributed by atoms with Gasteiger partial charge >= 0.3 is 6.18 Å². The summed E-state index contributed by atoms with van der Waals surface area (Å²) in [5, 5.41) is 18.0. The molecule has 8 heteroatoms. The topological polar surface area (TPSA) is 68.0 Å². The van der Waals surface area contributed by atoms with E-state index in [1.165, 1.54) is 0 Å². The summed E-state index contributed by atoms with van der Waals surface area (Å²) < 4.78 is 41.8. The van der Waals surface area contributed by atoms with Crippen molar-refractivity contribution in [3.8, 4) is 0 Å². The number of nitrogens with zero attached hydrogens (tertiary/aromatic N) is 3. The molecule has 1 aromatic heterocycles. The number of rotatable bonds is 3. The Balaban J connectivity index is 1.30. The van der Waals surface area contributed by atoms with E-state index in [4.69, 9.17) is 0 Å². The molecular formula is C23H32F3N3O2. The number of alkyl halides is 3. The fourth-order valence-corrected chi connectivity index (χ4v) is 8.25. The minimum Gasteiger partial charge on any atom is -0.380 e. The van der Waals surface area contributed by atoms with Crippen LogP contribution >= 0.6 is 0 Å². The van der Waals surface area contributed by atoms with Crippen molar-refractivity contribution in [1.29, 1.82) is 0 Å². The summed E-state index contributed by atoms with van der Waals surface area (Å²) in [4.78, 5) is 13.1. The van der Waals surface area contributed by atoms with Crippen molar-refractivity contribution < 1.29 is 23.1 Å². The second-order valence-corrected chi connectivity index (χ2v) is 10.9. The van der Waals surface area contributed by atoms with E-state index in [0.717, 1.165) is 38.5 Å². The Kier molecular flexibility index (Phi) is 5.03. The summed E-state index contributed by atoms with van der Waals surface area (Å²) in [6.07, 6.45) is 4.55.